The average molecular weight is 520 g/mol. The zero-order valence-corrected chi connectivity index (χ0v) is 21.4. The number of benzene rings is 2. The molecule has 1 aromatic heterocycles. The molecular formula is C27H22ClN3O4S. The lowest BCUT2D eigenvalue weighted by Crippen LogP contribution is -2.16. The summed E-state index contributed by atoms with van der Waals surface area (Å²) in [6, 6.07) is 15.8. The van der Waals surface area contributed by atoms with E-state index in [0.29, 0.717) is 32.5 Å². The fourth-order valence-electron chi connectivity index (χ4n) is 3.24. The molecule has 9 heteroatoms. The van der Waals surface area contributed by atoms with Gasteiger partial charge in [0.25, 0.3) is 5.91 Å². The van der Waals surface area contributed by atoms with E-state index in [-0.39, 0.29) is 24.4 Å². The highest BCUT2D eigenvalue weighted by molar-refractivity contribution is 7.16. The number of rotatable bonds is 8. The van der Waals surface area contributed by atoms with Crippen molar-refractivity contribution < 1.29 is 19.1 Å². The van der Waals surface area contributed by atoms with E-state index in [9.17, 15) is 14.9 Å². The average Bonchev–Trinajstić information content (AvgIpc) is 3.14. The van der Waals surface area contributed by atoms with Gasteiger partial charge in [-0.2, -0.15) is 10.5 Å². The maximum Gasteiger partial charge on any atom is 0.341 e. The van der Waals surface area contributed by atoms with Gasteiger partial charge in [-0.05, 0) is 68.3 Å². The molecule has 36 heavy (non-hydrogen) atoms. The minimum atomic E-state index is -0.678. The third-order valence-corrected chi connectivity index (χ3v) is 6.56. The van der Waals surface area contributed by atoms with E-state index < -0.39 is 11.9 Å². The number of hydrogen-bond donors (Lipinski definition) is 1. The molecule has 0 radical (unpaired) electrons. The number of halogens is 1. The number of thiophene rings is 1. The number of anilines is 1. The Morgan fingerprint density at radius 3 is 2.50 bits per heavy atom. The van der Waals surface area contributed by atoms with Gasteiger partial charge in [0.05, 0.1) is 23.8 Å². The van der Waals surface area contributed by atoms with Gasteiger partial charge in [0.2, 0.25) is 0 Å². The fourth-order valence-corrected chi connectivity index (χ4v) is 4.46. The van der Waals surface area contributed by atoms with E-state index in [1.807, 2.05) is 13.0 Å². The zero-order valence-electron chi connectivity index (χ0n) is 19.8. The quantitative estimate of drug-likeness (QED) is 0.215. The molecule has 3 rings (SSSR count). The van der Waals surface area contributed by atoms with Crippen LogP contribution in [0.4, 0.5) is 5.00 Å². The smallest absolute Gasteiger partial charge is 0.341 e. The molecule has 0 atom stereocenters. The van der Waals surface area contributed by atoms with Gasteiger partial charge in [-0.15, -0.1) is 11.3 Å². The van der Waals surface area contributed by atoms with Crippen molar-refractivity contribution in [3.05, 3.63) is 85.8 Å². The van der Waals surface area contributed by atoms with Crippen molar-refractivity contribution in [3.63, 3.8) is 0 Å². The summed E-state index contributed by atoms with van der Waals surface area (Å²) in [6.07, 6.45) is 1.38. The summed E-state index contributed by atoms with van der Waals surface area (Å²) in [5, 5.41) is 22.0. The van der Waals surface area contributed by atoms with Crippen LogP contribution >= 0.6 is 22.9 Å². The van der Waals surface area contributed by atoms with Gasteiger partial charge >= 0.3 is 5.97 Å². The monoisotopic (exact) mass is 519 g/mol. The van der Waals surface area contributed by atoms with E-state index in [4.69, 9.17) is 26.3 Å². The summed E-state index contributed by atoms with van der Waals surface area (Å²) >= 11 is 7.40. The summed E-state index contributed by atoms with van der Waals surface area (Å²) < 4.78 is 11.0. The highest BCUT2D eigenvalue weighted by Crippen LogP contribution is 2.34. The van der Waals surface area contributed by atoms with Crippen LogP contribution in [0.3, 0.4) is 0 Å². The summed E-state index contributed by atoms with van der Waals surface area (Å²) in [5.41, 5.74) is 2.61. The number of nitrogens with zero attached hydrogens (tertiary/aromatic N) is 2. The summed E-state index contributed by atoms with van der Waals surface area (Å²) in [6.45, 7) is 5.72. The molecule has 1 N–H and O–H groups in total. The van der Waals surface area contributed by atoms with Crippen LogP contribution in [0.25, 0.3) is 6.08 Å². The topological polar surface area (TPSA) is 112 Å². The van der Waals surface area contributed by atoms with E-state index in [1.165, 1.54) is 17.4 Å². The molecule has 182 valence electrons. The van der Waals surface area contributed by atoms with Crippen LogP contribution in [0.5, 0.6) is 5.75 Å². The van der Waals surface area contributed by atoms with Crippen LogP contribution in [-0.2, 0) is 16.1 Å². The zero-order chi connectivity index (χ0) is 26.2. The second kappa shape index (κ2) is 12.0. The van der Waals surface area contributed by atoms with Crippen molar-refractivity contribution in [1.82, 2.24) is 0 Å². The third kappa shape index (κ3) is 6.31. The van der Waals surface area contributed by atoms with Crippen molar-refractivity contribution in [2.75, 3.05) is 11.9 Å². The highest BCUT2D eigenvalue weighted by atomic mass is 35.5. The Morgan fingerprint density at radius 2 is 1.86 bits per heavy atom. The standard InChI is InChI=1S/C27H22ClN3O4S/c1-4-34-27(33)24-16(2)17(3)36-26(24)31-25(32)21(14-30)11-20-12-22(28)9-10-23(20)35-15-19-7-5-18(13-29)6-8-19/h5-12H,4,15H2,1-3H3,(H,31,32)/b21-11+. The van der Waals surface area contributed by atoms with Gasteiger partial charge in [0.1, 0.15) is 29.0 Å². The van der Waals surface area contributed by atoms with Crippen molar-refractivity contribution in [2.45, 2.75) is 27.4 Å². The van der Waals surface area contributed by atoms with Gasteiger partial charge in [0, 0.05) is 15.5 Å². The number of nitrogens with one attached hydrogen (secondary N) is 1. The van der Waals surface area contributed by atoms with Gasteiger partial charge in [0.15, 0.2) is 0 Å². The van der Waals surface area contributed by atoms with Crippen molar-refractivity contribution in [3.8, 4) is 17.9 Å². The van der Waals surface area contributed by atoms with Gasteiger partial charge in [-0.25, -0.2) is 4.79 Å². The Kier molecular flexibility index (Phi) is 8.86. The van der Waals surface area contributed by atoms with Crippen molar-refractivity contribution in [2.24, 2.45) is 0 Å². The summed E-state index contributed by atoms with van der Waals surface area (Å²) in [5.74, 6) is -0.799. The number of esters is 1. The molecule has 1 heterocycles. The van der Waals surface area contributed by atoms with Crippen molar-refractivity contribution in [1.29, 1.82) is 10.5 Å². The SMILES string of the molecule is CCOC(=O)c1c(NC(=O)/C(C#N)=C/c2cc(Cl)ccc2OCc2ccc(C#N)cc2)sc(C)c1C. The molecule has 0 unspecified atom stereocenters. The summed E-state index contributed by atoms with van der Waals surface area (Å²) in [7, 11) is 0. The number of carbonyl (C=O) groups is 2. The van der Waals surface area contributed by atoms with E-state index in [2.05, 4.69) is 11.4 Å². The molecule has 0 aliphatic carbocycles. The first-order chi connectivity index (χ1) is 17.3. The molecule has 0 aliphatic heterocycles. The van der Waals surface area contributed by atoms with E-state index in [0.717, 1.165) is 10.4 Å². The molecule has 0 saturated heterocycles. The second-order valence-corrected chi connectivity index (χ2v) is 9.27. The van der Waals surface area contributed by atoms with Crippen LogP contribution < -0.4 is 10.1 Å². The lowest BCUT2D eigenvalue weighted by molar-refractivity contribution is -0.112. The predicted molar refractivity (Wildman–Crippen MR) is 139 cm³/mol. The number of ether oxygens (including phenoxy) is 2. The molecule has 0 fully saturated rings. The van der Waals surface area contributed by atoms with Gasteiger partial charge in [-0.1, -0.05) is 23.7 Å². The normalized spacial score (nSPS) is 10.8. The number of hydrogen-bond acceptors (Lipinski definition) is 7. The number of nitriles is 2. The summed E-state index contributed by atoms with van der Waals surface area (Å²) in [4.78, 5) is 26.3. The largest absolute Gasteiger partial charge is 0.488 e. The second-order valence-electron chi connectivity index (χ2n) is 7.61. The van der Waals surface area contributed by atoms with Gasteiger partial charge < -0.3 is 14.8 Å². The Hall–Kier alpha value is -4.11. The maximum absolute atomic E-state index is 13.0. The van der Waals surface area contributed by atoms with Crippen molar-refractivity contribution >= 4 is 45.9 Å². The van der Waals surface area contributed by atoms with Gasteiger partial charge in [-0.3, -0.25) is 4.79 Å². The first kappa shape index (κ1) is 26.5. The predicted octanol–water partition coefficient (Wildman–Crippen LogP) is 6.19. The Morgan fingerprint density at radius 1 is 1.14 bits per heavy atom. The maximum atomic E-state index is 13.0. The molecule has 7 nitrogen and oxygen atoms in total. The Bertz CT molecular complexity index is 1410. The third-order valence-electron chi connectivity index (χ3n) is 5.21. The minimum Gasteiger partial charge on any atom is -0.488 e. The Labute approximate surface area is 218 Å². The van der Waals surface area contributed by atoms with Crippen LogP contribution in [0.1, 0.15) is 44.4 Å². The molecule has 2 aromatic carbocycles. The fraction of sp³-hybridized carbons (Fsp3) is 0.185. The van der Waals surface area contributed by atoms with Crippen LogP contribution in [0.15, 0.2) is 48.0 Å². The highest BCUT2D eigenvalue weighted by Gasteiger charge is 2.23. The molecule has 0 bridgehead atoms. The lowest BCUT2D eigenvalue weighted by atomic mass is 10.1. The first-order valence-corrected chi connectivity index (χ1v) is 12.1. The van der Waals surface area contributed by atoms with Crippen LogP contribution in [-0.4, -0.2) is 18.5 Å². The molecule has 0 saturated carbocycles. The van der Waals surface area contributed by atoms with Crippen LogP contribution in [0, 0.1) is 36.5 Å². The van der Waals surface area contributed by atoms with E-state index >= 15 is 0 Å². The first-order valence-electron chi connectivity index (χ1n) is 10.9. The molecule has 0 aliphatic rings. The van der Waals surface area contributed by atoms with Crippen LogP contribution in [0.2, 0.25) is 5.02 Å². The minimum absolute atomic E-state index is 0.195. The number of carbonyl (C=O) groups excluding carboxylic acids is 2. The molecule has 1 amide bonds. The molecule has 0 spiro atoms. The molecule has 3 aromatic rings. The Balaban J connectivity index is 1.86. The molecular weight excluding hydrogens is 498 g/mol. The van der Waals surface area contributed by atoms with E-state index in [1.54, 1.807) is 56.3 Å². The number of aryl methyl sites for hydroxylation is 1. The number of amides is 1. The lowest BCUT2D eigenvalue weighted by Gasteiger charge is -2.11.